The Morgan fingerprint density at radius 2 is 1.30 bits per heavy atom. The maximum atomic E-state index is 10.5. The zero-order valence-electron chi connectivity index (χ0n) is 15.3. The van der Waals surface area contributed by atoms with Crippen LogP contribution in [0, 0.1) is 23.7 Å². The summed E-state index contributed by atoms with van der Waals surface area (Å²) >= 11 is 0. The number of aromatic hydroxyl groups is 1. The molecule has 0 heterocycles. The summed E-state index contributed by atoms with van der Waals surface area (Å²) in [5.41, 5.74) is 2.57. The predicted molar refractivity (Wildman–Crippen MR) is 99.6 cm³/mol. The molecule has 1 nitrogen and oxygen atoms in total. The van der Waals surface area contributed by atoms with Crippen LogP contribution in [0.25, 0.3) is 0 Å². The lowest BCUT2D eigenvalue weighted by atomic mass is 9.84. The zero-order valence-corrected chi connectivity index (χ0v) is 15.3. The number of phenolic OH excluding ortho intramolecular Hbond substituents is 1. The molecule has 0 aliphatic heterocycles. The Morgan fingerprint density at radius 1 is 0.870 bits per heavy atom. The predicted octanol–water partition coefficient (Wildman–Crippen LogP) is 5.77. The number of benzene rings is 1. The van der Waals surface area contributed by atoms with E-state index in [0.29, 0.717) is 11.1 Å². The van der Waals surface area contributed by atoms with Gasteiger partial charge in [0.05, 0.1) is 11.1 Å². The van der Waals surface area contributed by atoms with E-state index in [1.54, 1.807) is 0 Å². The molecule has 0 aliphatic carbocycles. The Hall–Kier alpha value is -1.86. The Morgan fingerprint density at radius 3 is 1.65 bits per heavy atom. The van der Waals surface area contributed by atoms with Crippen molar-refractivity contribution in [3.8, 4) is 29.4 Å². The molecule has 0 radical (unpaired) electrons. The summed E-state index contributed by atoms with van der Waals surface area (Å²) in [6, 6.07) is 4.01. The van der Waals surface area contributed by atoms with Crippen molar-refractivity contribution in [3.05, 3.63) is 28.8 Å². The van der Waals surface area contributed by atoms with Gasteiger partial charge in [-0.05, 0) is 36.0 Å². The first-order valence-electron chi connectivity index (χ1n) is 8.75. The SMILES string of the molecule is CCCCC#Cc1cc(C(C)(C)C)cc(C#CCCCC)c1O. The van der Waals surface area contributed by atoms with Gasteiger partial charge in [0.25, 0.3) is 0 Å². The van der Waals surface area contributed by atoms with E-state index in [4.69, 9.17) is 0 Å². The summed E-state index contributed by atoms with van der Waals surface area (Å²) in [6.07, 6.45) is 6.20. The van der Waals surface area contributed by atoms with Gasteiger partial charge in [-0.25, -0.2) is 0 Å². The van der Waals surface area contributed by atoms with Gasteiger partial charge in [0, 0.05) is 12.8 Å². The molecular formula is C22H30O. The van der Waals surface area contributed by atoms with Crippen molar-refractivity contribution >= 4 is 0 Å². The molecule has 1 heteroatoms. The van der Waals surface area contributed by atoms with Crippen molar-refractivity contribution in [3.63, 3.8) is 0 Å². The van der Waals surface area contributed by atoms with E-state index >= 15 is 0 Å². The lowest BCUT2D eigenvalue weighted by Gasteiger charge is -2.20. The van der Waals surface area contributed by atoms with Crippen LogP contribution < -0.4 is 0 Å². The van der Waals surface area contributed by atoms with Crippen molar-refractivity contribution < 1.29 is 5.11 Å². The van der Waals surface area contributed by atoms with E-state index in [9.17, 15) is 5.11 Å². The van der Waals surface area contributed by atoms with E-state index in [-0.39, 0.29) is 11.2 Å². The van der Waals surface area contributed by atoms with Crippen LogP contribution in [-0.4, -0.2) is 5.11 Å². The quantitative estimate of drug-likeness (QED) is 0.552. The number of hydrogen-bond donors (Lipinski definition) is 1. The third-order valence-electron chi connectivity index (χ3n) is 3.73. The third-order valence-corrected chi connectivity index (χ3v) is 3.73. The molecule has 0 saturated carbocycles. The summed E-state index contributed by atoms with van der Waals surface area (Å²) in [5, 5.41) is 10.5. The first kappa shape index (κ1) is 19.2. The maximum Gasteiger partial charge on any atom is 0.146 e. The third kappa shape index (κ3) is 6.42. The lowest BCUT2D eigenvalue weighted by molar-refractivity contribution is 0.470. The molecule has 0 spiro atoms. The van der Waals surface area contributed by atoms with Crippen LogP contribution in [0.15, 0.2) is 12.1 Å². The Kier molecular flexibility index (Phi) is 7.77. The Bertz CT molecular complexity index is 577. The van der Waals surface area contributed by atoms with Gasteiger partial charge < -0.3 is 5.11 Å². The van der Waals surface area contributed by atoms with Gasteiger partial charge >= 0.3 is 0 Å². The van der Waals surface area contributed by atoms with Gasteiger partial charge in [-0.1, -0.05) is 71.1 Å². The van der Waals surface area contributed by atoms with Gasteiger partial charge in [0.2, 0.25) is 0 Å². The molecule has 0 aromatic heterocycles. The smallest absolute Gasteiger partial charge is 0.146 e. The molecular weight excluding hydrogens is 280 g/mol. The van der Waals surface area contributed by atoms with Crippen LogP contribution in [0.2, 0.25) is 0 Å². The minimum absolute atomic E-state index is 0.00734. The van der Waals surface area contributed by atoms with Crippen LogP contribution >= 0.6 is 0 Å². The molecule has 0 atom stereocenters. The van der Waals surface area contributed by atoms with Gasteiger partial charge in [-0.3, -0.25) is 0 Å². The second-order valence-electron chi connectivity index (χ2n) is 6.98. The molecule has 1 aromatic carbocycles. The van der Waals surface area contributed by atoms with Crippen molar-refractivity contribution in [2.45, 2.75) is 78.6 Å². The van der Waals surface area contributed by atoms with Gasteiger partial charge in [0.1, 0.15) is 5.75 Å². The summed E-state index contributed by atoms with van der Waals surface area (Å²) in [4.78, 5) is 0. The molecule has 124 valence electrons. The normalized spacial score (nSPS) is 10.5. The fourth-order valence-corrected chi connectivity index (χ4v) is 2.10. The van der Waals surface area contributed by atoms with Crippen LogP contribution in [0.1, 0.15) is 89.8 Å². The van der Waals surface area contributed by atoms with E-state index < -0.39 is 0 Å². The van der Waals surface area contributed by atoms with Crippen LogP contribution in [0.5, 0.6) is 5.75 Å². The van der Waals surface area contributed by atoms with E-state index in [1.165, 1.54) is 0 Å². The zero-order chi connectivity index (χ0) is 17.3. The second-order valence-corrected chi connectivity index (χ2v) is 6.98. The minimum atomic E-state index is 0.00734. The molecule has 0 bridgehead atoms. The Labute approximate surface area is 142 Å². The molecule has 0 amide bonds. The molecule has 0 saturated heterocycles. The monoisotopic (exact) mass is 310 g/mol. The van der Waals surface area contributed by atoms with Gasteiger partial charge in [-0.2, -0.15) is 0 Å². The summed E-state index contributed by atoms with van der Waals surface area (Å²) in [7, 11) is 0. The first-order valence-corrected chi connectivity index (χ1v) is 8.75. The molecule has 23 heavy (non-hydrogen) atoms. The van der Waals surface area contributed by atoms with Gasteiger partial charge in [0.15, 0.2) is 0 Å². The fraction of sp³-hybridized carbons (Fsp3) is 0.545. The second kappa shape index (κ2) is 9.32. The fourth-order valence-electron chi connectivity index (χ4n) is 2.10. The molecule has 1 rings (SSSR count). The van der Waals surface area contributed by atoms with Crippen molar-refractivity contribution in [1.82, 2.24) is 0 Å². The highest BCUT2D eigenvalue weighted by Crippen LogP contribution is 2.30. The highest BCUT2D eigenvalue weighted by atomic mass is 16.3. The standard InChI is InChI=1S/C22H30O/c1-6-8-10-12-14-18-16-20(22(3,4)5)17-19(21(18)23)15-13-11-9-7-2/h16-17,23H,6-11H2,1-5H3. The summed E-state index contributed by atoms with van der Waals surface area (Å²) < 4.78 is 0. The number of hydrogen-bond acceptors (Lipinski definition) is 1. The van der Waals surface area contributed by atoms with Crippen LogP contribution in [-0.2, 0) is 5.41 Å². The molecule has 0 fully saturated rings. The van der Waals surface area contributed by atoms with Crippen LogP contribution in [0.4, 0.5) is 0 Å². The maximum absolute atomic E-state index is 10.5. The Balaban J connectivity index is 3.21. The molecule has 1 aromatic rings. The van der Waals surface area contributed by atoms with Crippen molar-refractivity contribution in [1.29, 1.82) is 0 Å². The van der Waals surface area contributed by atoms with Gasteiger partial charge in [-0.15, -0.1) is 0 Å². The average Bonchev–Trinajstić information content (AvgIpc) is 2.49. The summed E-state index contributed by atoms with van der Waals surface area (Å²) in [5.74, 6) is 12.8. The highest BCUT2D eigenvalue weighted by molar-refractivity contribution is 5.58. The molecule has 0 unspecified atom stereocenters. The van der Waals surface area contributed by atoms with E-state index in [1.807, 2.05) is 12.1 Å². The highest BCUT2D eigenvalue weighted by Gasteiger charge is 2.17. The van der Waals surface area contributed by atoms with Crippen LogP contribution in [0.3, 0.4) is 0 Å². The first-order chi connectivity index (χ1) is 10.9. The molecule has 1 N–H and O–H groups in total. The number of rotatable bonds is 4. The van der Waals surface area contributed by atoms with Crippen molar-refractivity contribution in [2.24, 2.45) is 0 Å². The van der Waals surface area contributed by atoms with E-state index in [0.717, 1.165) is 44.1 Å². The molecule has 0 aliphatic rings. The average molecular weight is 310 g/mol. The number of unbranched alkanes of at least 4 members (excludes halogenated alkanes) is 4. The number of phenols is 1. The van der Waals surface area contributed by atoms with Crippen molar-refractivity contribution in [2.75, 3.05) is 0 Å². The minimum Gasteiger partial charge on any atom is -0.505 e. The topological polar surface area (TPSA) is 20.2 Å². The van der Waals surface area contributed by atoms with E-state index in [2.05, 4.69) is 58.3 Å². The lowest BCUT2D eigenvalue weighted by Crippen LogP contribution is -2.11. The summed E-state index contributed by atoms with van der Waals surface area (Å²) in [6.45, 7) is 10.8. The largest absolute Gasteiger partial charge is 0.505 e.